The predicted molar refractivity (Wildman–Crippen MR) is 39.7 cm³/mol. The second-order valence-electron chi connectivity index (χ2n) is 2.59. The summed E-state index contributed by atoms with van der Waals surface area (Å²) in [6, 6.07) is 0. The second-order valence-corrected chi connectivity index (χ2v) is 2.59. The van der Waals surface area contributed by atoms with E-state index in [4.69, 9.17) is 30.8 Å². The summed E-state index contributed by atoms with van der Waals surface area (Å²) in [4.78, 5) is 3.52. The molecule has 0 amide bonds. The molecular weight excluding hydrogens is 184 g/mol. The first-order chi connectivity index (χ1) is 6.04. The molecule has 0 aliphatic carbocycles. The first-order valence-corrected chi connectivity index (χ1v) is 3.64. The Kier molecular flexibility index (Phi) is 6.08. The molecule has 7 heteroatoms. The molecule has 0 aromatic carbocycles. The summed E-state index contributed by atoms with van der Waals surface area (Å²) < 4.78 is 0. The maximum absolute atomic E-state index is 9.06. The molecule has 0 heterocycles. The molecule has 0 bridgehead atoms. The fraction of sp³-hybridized carbons (Fsp3) is 1.00. The highest BCUT2D eigenvalue weighted by atomic mass is 17.1. The van der Waals surface area contributed by atoms with Crippen molar-refractivity contribution < 1.29 is 35.7 Å². The molecule has 6 N–H and O–H groups in total. The van der Waals surface area contributed by atoms with Crippen molar-refractivity contribution >= 4 is 0 Å². The van der Waals surface area contributed by atoms with Crippen LogP contribution < -0.4 is 0 Å². The van der Waals surface area contributed by atoms with Crippen molar-refractivity contribution in [3.05, 3.63) is 0 Å². The molecule has 80 valence electrons. The van der Waals surface area contributed by atoms with Gasteiger partial charge in [0, 0.05) is 0 Å². The summed E-state index contributed by atoms with van der Waals surface area (Å²) >= 11 is 0. The number of rotatable bonds is 6. The smallest absolute Gasteiger partial charge is 0.111 e. The van der Waals surface area contributed by atoms with E-state index in [1.165, 1.54) is 0 Å². The average molecular weight is 198 g/mol. The Bertz CT molecular complexity index is 130. The van der Waals surface area contributed by atoms with E-state index in [0.29, 0.717) is 0 Å². The Balaban J connectivity index is 3.99. The molecule has 0 unspecified atom stereocenters. The van der Waals surface area contributed by atoms with Crippen LogP contribution in [0, 0.1) is 0 Å². The Hall–Kier alpha value is -0.280. The Morgan fingerprint density at radius 2 is 1.38 bits per heavy atom. The lowest BCUT2D eigenvalue weighted by Gasteiger charge is -2.24. The van der Waals surface area contributed by atoms with Crippen molar-refractivity contribution in [1.29, 1.82) is 0 Å². The standard InChI is InChI=1S/C6H14O7/c7-1-3(8)5(10)6(11)4(9)2-13-12/h3-12H,1-2H2/t3-,4-,5-,6-/m0/s1. The molecule has 0 saturated heterocycles. The van der Waals surface area contributed by atoms with Gasteiger partial charge in [0.05, 0.1) is 6.61 Å². The lowest BCUT2D eigenvalue weighted by atomic mass is 10.0. The van der Waals surface area contributed by atoms with Crippen LogP contribution in [-0.2, 0) is 4.89 Å². The van der Waals surface area contributed by atoms with E-state index in [1.807, 2.05) is 0 Å². The second kappa shape index (κ2) is 6.22. The molecule has 0 aromatic rings. The van der Waals surface area contributed by atoms with Gasteiger partial charge in [0.2, 0.25) is 0 Å². The maximum atomic E-state index is 9.06. The maximum Gasteiger partial charge on any atom is 0.111 e. The highest BCUT2D eigenvalue weighted by Crippen LogP contribution is 2.04. The van der Waals surface area contributed by atoms with Gasteiger partial charge in [-0.15, -0.1) is 0 Å². The van der Waals surface area contributed by atoms with Crippen LogP contribution in [0.25, 0.3) is 0 Å². The average Bonchev–Trinajstić information content (AvgIpc) is 2.14. The summed E-state index contributed by atoms with van der Waals surface area (Å²) in [5, 5.41) is 52.1. The fourth-order valence-electron chi connectivity index (χ4n) is 0.738. The van der Waals surface area contributed by atoms with Gasteiger partial charge in [-0.3, -0.25) is 5.26 Å². The van der Waals surface area contributed by atoms with Crippen LogP contribution in [-0.4, -0.2) is 68.4 Å². The molecule has 7 nitrogen and oxygen atoms in total. The quantitative estimate of drug-likeness (QED) is 0.197. The molecule has 0 saturated carbocycles. The third-order valence-electron chi connectivity index (χ3n) is 1.57. The van der Waals surface area contributed by atoms with Gasteiger partial charge in [0.25, 0.3) is 0 Å². The summed E-state index contributed by atoms with van der Waals surface area (Å²) in [6.07, 6.45) is -6.49. The third-order valence-corrected chi connectivity index (χ3v) is 1.57. The van der Waals surface area contributed by atoms with Gasteiger partial charge in [0.1, 0.15) is 31.0 Å². The Morgan fingerprint density at radius 1 is 0.923 bits per heavy atom. The first kappa shape index (κ1) is 12.7. The lowest BCUT2D eigenvalue weighted by molar-refractivity contribution is -0.267. The zero-order chi connectivity index (χ0) is 10.4. The number of aliphatic hydroxyl groups is 5. The largest absolute Gasteiger partial charge is 0.394 e. The van der Waals surface area contributed by atoms with E-state index < -0.39 is 37.6 Å². The molecule has 13 heavy (non-hydrogen) atoms. The van der Waals surface area contributed by atoms with Crippen molar-refractivity contribution in [3.8, 4) is 0 Å². The van der Waals surface area contributed by atoms with E-state index in [0.717, 1.165) is 0 Å². The van der Waals surface area contributed by atoms with Gasteiger partial charge in [0.15, 0.2) is 0 Å². The van der Waals surface area contributed by atoms with E-state index in [2.05, 4.69) is 4.89 Å². The lowest BCUT2D eigenvalue weighted by Crippen LogP contribution is -2.47. The molecule has 4 atom stereocenters. The van der Waals surface area contributed by atoms with E-state index in [1.54, 1.807) is 0 Å². The third kappa shape index (κ3) is 3.96. The molecule has 0 aromatic heterocycles. The molecular formula is C6H14O7. The number of aliphatic hydroxyl groups excluding tert-OH is 5. The monoisotopic (exact) mass is 198 g/mol. The van der Waals surface area contributed by atoms with E-state index in [-0.39, 0.29) is 0 Å². The Labute approximate surface area is 74.4 Å². The van der Waals surface area contributed by atoms with Crippen LogP contribution in [0.2, 0.25) is 0 Å². The fourth-order valence-corrected chi connectivity index (χ4v) is 0.738. The van der Waals surface area contributed by atoms with Gasteiger partial charge in [-0.2, -0.15) is 0 Å². The van der Waals surface area contributed by atoms with E-state index >= 15 is 0 Å². The summed E-state index contributed by atoms with van der Waals surface area (Å²) in [5.41, 5.74) is 0. The van der Waals surface area contributed by atoms with Crippen LogP contribution >= 0.6 is 0 Å². The minimum absolute atomic E-state index is 0.601. The molecule has 0 aliphatic rings. The zero-order valence-corrected chi connectivity index (χ0v) is 6.82. The summed E-state index contributed by atoms with van der Waals surface area (Å²) in [6.45, 7) is -1.35. The minimum atomic E-state index is -1.70. The van der Waals surface area contributed by atoms with Crippen LogP contribution in [0.3, 0.4) is 0 Å². The van der Waals surface area contributed by atoms with Crippen LogP contribution in [0.15, 0.2) is 0 Å². The van der Waals surface area contributed by atoms with Gasteiger partial charge < -0.3 is 25.5 Å². The highest BCUT2D eigenvalue weighted by molar-refractivity contribution is 4.79. The van der Waals surface area contributed by atoms with Crippen molar-refractivity contribution in [2.24, 2.45) is 0 Å². The predicted octanol–water partition coefficient (Wildman–Crippen LogP) is -3.09. The summed E-state index contributed by atoms with van der Waals surface area (Å²) in [5.74, 6) is 0. The van der Waals surface area contributed by atoms with Gasteiger partial charge in [-0.1, -0.05) is 0 Å². The topological polar surface area (TPSA) is 131 Å². The van der Waals surface area contributed by atoms with Gasteiger partial charge >= 0.3 is 0 Å². The normalized spacial score (nSPS) is 20.8. The van der Waals surface area contributed by atoms with Crippen molar-refractivity contribution in [1.82, 2.24) is 0 Å². The van der Waals surface area contributed by atoms with Gasteiger partial charge in [-0.25, -0.2) is 4.89 Å². The van der Waals surface area contributed by atoms with Crippen LogP contribution in [0.5, 0.6) is 0 Å². The van der Waals surface area contributed by atoms with E-state index in [9.17, 15) is 0 Å². The van der Waals surface area contributed by atoms with Crippen molar-refractivity contribution in [2.45, 2.75) is 24.4 Å². The molecule has 0 fully saturated rings. The van der Waals surface area contributed by atoms with Crippen LogP contribution in [0.1, 0.15) is 0 Å². The Morgan fingerprint density at radius 3 is 1.77 bits per heavy atom. The first-order valence-electron chi connectivity index (χ1n) is 3.64. The molecule has 0 aliphatic heterocycles. The zero-order valence-electron chi connectivity index (χ0n) is 6.82. The van der Waals surface area contributed by atoms with Gasteiger partial charge in [-0.05, 0) is 0 Å². The minimum Gasteiger partial charge on any atom is -0.394 e. The number of hydrogen-bond donors (Lipinski definition) is 6. The SMILES string of the molecule is OC[C@H](O)[C@H](O)[C@@H](O)[C@@H](O)COO. The van der Waals surface area contributed by atoms with Crippen molar-refractivity contribution in [3.63, 3.8) is 0 Å². The highest BCUT2D eigenvalue weighted by Gasteiger charge is 2.29. The van der Waals surface area contributed by atoms with Crippen LogP contribution in [0.4, 0.5) is 0 Å². The summed E-state index contributed by atoms with van der Waals surface area (Å²) in [7, 11) is 0. The molecule has 0 spiro atoms. The number of hydrogen-bond acceptors (Lipinski definition) is 7. The molecule has 0 radical (unpaired) electrons. The van der Waals surface area contributed by atoms with Crippen molar-refractivity contribution in [2.75, 3.05) is 13.2 Å². The molecule has 0 rings (SSSR count).